The highest BCUT2D eigenvalue weighted by Crippen LogP contribution is 2.11. The van der Waals surface area contributed by atoms with Crippen LogP contribution in [0.4, 0.5) is 0 Å². The van der Waals surface area contributed by atoms with Gasteiger partial charge in [-0.2, -0.15) is 0 Å². The van der Waals surface area contributed by atoms with Crippen LogP contribution in [-0.4, -0.2) is 18.6 Å². The summed E-state index contributed by atoms with van der Waals surface area (Å²) in [5.41, 5.74) is 3.60. The zero-order valence-corrected chi connectivity index (χ0v) is 11.5. The van der Waals surface area contributed by atoms with Crippen molar-refractivity contribution in [2.24, 2.45) is 0 Å². The Hall–Kier alpha value is -1.87. The smallest absolute Gasteiger partial charge is 0.118 e. The molecule has 19 heavy (non-hydrogen) atoms. The molecule has 0 aliphatic heterocycles. The number of aromatic nitrogens is 1. The Morgan fingerprint density at radius 1 is 1.05 bits per heavy atom. The highest BCUT2D eigenvalue weighted by atomic mass is 16.5. The monoisotopic (exact) mass is 256 g/mol. The third-order valence-corrected chi connectivity index (χ3v) is 3.05. The normalized spacial score (nSPS) is 10.4. The summed E-state index contributed by atoms with van der Waals surface area (Å²) in [6.45, 7) is 3.82. The van der Waals surface area contributed by atoms with Gasteiger partial charge in [0.2, 0.25) is 0 Å². The second-order valence-corrected chi connectivity index (χ2v) is 4.58. The molecule has 1 heterocycles. The first-order valence-corrected chi connectivity index (χ1v) is 6.53. The van der Waals surface area contributed by atoms with E-state index in [0.29, 0.717) is 0 Å². The molecule has 1 aromatic carbocycles. The fourth-order valence-electron chi connectivity index (χ4n) is 1.86. The first kappa shape index (κ1) is 13.6. The third-order valence-electron chi connectivity index (χ3n) is 3.05. The van der Waals surface area contributed by atoms with E-state index in [1.807, 2.05) is 31.3 Å². The van der Waals surface area contributed by atoms with Crippen molar-refractivity contribution >= 4 is 0 Å². The number of nitrogens with zero attached hydrogens (tertiary/aromatic N) is 1. The first-order chi connectivity index (χ1) is 9.28. The number of hydrogen-bond donors (Lipinski definition) is 1. The molecule has 0 unspecified atom stereocenters. The van der Waals surface area contributed by atoms with Crippen molar-refractivity contribution < 1.29 is 4.74 Å². The number of ether oxygens (including phenoxy) is 1. The summed E-state index contributed by atoms with van der Waals surface area (Å²) in [4.78, 5) is 4.28. The molecule has 0 saturated carbocycles. The van der Waals surface area contributed by atoms with Crippen LogP contribution in [0, 0.1) is 6.92 Å². The highest BCUT2D eigenvalue weighted by Gasteiger charge is 1.96. The van der Waals surface area contributed by atoms with Crippen LogP contribution < -0.4 is 10.1 Å². The van der Waals surface area contributed by atoms with E-state index in [0.717, 1.165) is 31.0 Å². The van der Waals surface area contributed by atoms with Gasteiger partial charge in [-0.1, -0.05) is 18.2 Å². The summed E-state index contributed by atoms with van der Waals surface area (Å²) in [7, 11) is 1.69. The fourth-order valence-corrected chi connectivity index (χ4v) is 1.86. The van der Waals surface area contributed by atoms with Crippen LogP contribution in [0.25, 0.3) is 0 Å². The first-order valence-electron chi connectivity index (χ1n) is 6.53. The van der Waals surface area contributed by atoms with E-state index in [1.54, 1.807) is 7.11 Å². The van der Waals surface area contributed by atoms with Crippen molar-refractivity contribution in [1.82, 2.24) is 10.3 Å². The van der Waals surface area contributed by atoms with E-state index in [2.05, 4.69) is 28.5 Å². The number of aryl methyl sites for hydroxylation is 1. The molecule has 0 fully saturated rings. The minimum Gasteiger partial charge on any atom is -0.497 e. The molecule has 0 bridgehead atoms. The summed E-state index contributed by atoms with van der Waals surface area (Å²) >= 11 is 0. The summed E-state index contributed by atoms with van der Waals surface area (Å²) in [5, 5.41) is 3.43. The molecule has 100 valence electrons. The topological polar surface area (TPSA) is 34.1 Å². The lowest BCUT2D eigenvalue weighted by atomic mass is 10.1. The van der Waals surface area contributed by atoms with Gasteiger partial charge in [-0.3, -0.25) is 4.98 Å². The van der Waals surface area contributed by atoms with E-state index in [9.17, 15) is 0 Å². The van der Waals surface area contributed by atoms with Crippen molar-refractivity contribution in [2.75, 3.05) is 13.7 Å². The van der Waals surface area contributed by atoms with Gasteiger partial charge < -0.3 is 10.1 Å². The molecule has 0 aliphatic rings. The predicted molar refractivity (Wildman–Crippen MR) is 77.4 cm³/mol. The van der Waals surface area contributed by atoms with Crippen molar-refractivity contribution in [2.45, 2.75) is 19.9 Å². The molecular formula is C16H20N2O. The van der Waals surface area contributed by atoms with Crippen molar-refractivity contribution in [3.63, 3.8) is 0 Å². The predicted octanol–water partition coefficient (Wildman–Crippen LogP) is 2.73. The van der Waals surface area contributed by atoms with E-state index in [4.69, 9.17) is 4.74 Å². The van der Waals surface area contributed by atoms with Crippen molar-refractivity contribution in [3.8, 4) is 5.75 Å². The number of hydrogen-bond acceptors (Lipinski definition) is 3. The lowest BCUT2D eigenvalue weighted by Gasteiger charge is -2.06. The van der Waals surface area contributed by atoms with E-state index in [1.165, 1.54) is 11.1 Å². The van der Waals surface area contributed by atoms with E-state index in [-0.39, 0.29) is 0 Å². The molecule has 3 heteroatoms. The Morgan fingerprint density at radius 2 is 1.79 bits per heavy atom. The van der Waals surface area contributed by atoms with Crippen LogP contribution >= 0.6 is 0 Å². The average Bonchev–Trinajstić information content (AvgIpc) is 2.46. The standard InChI is InChI=1S/C16H20N2O/c1-13-3-4-15(12-18-13)11-17-10-9-14-5-7-16(19-2)8-6-14/h3-8,12,17H,9-11H2,1-2H3. The Bertz CT molecular complexity index is 491. The van der Waals surface area contributed by atoms with Gasteiger partial charge in [0.05, 0.1) is 7.11 Å². The van der Waals surface area contributed by atoms with Gasteiger partial charge in [-0.05, 0) is 49.2 Å². The van der Waals surface area contributed by atoms with Crippen molar-refractivity contribution in [3.05, 3.63) is 59.4 Å². The molecule has 0 amide bonds. The molecule has 0 radical (unpaired) electrons. The molecule has 2 rings (SSSR count). The lowest BCUT2D eigenvalue weighted by Crippen LogP contribution is -2.16. The zero-order valence-electron chi connectivity index (χ0n) is 11.5. The van der Waals surface area contributed by atoms with Gasteiger partial charge in [-0.25, -0.2) is 0 Å². The third kappa shape index (κ3) is 4.38. The molecule has 1 N–H and O–H groups in total. The van der Waals surface area contributed by atoms with Gasteiger partial charge in [0.15, 0.2) is 0 Å². The maximum Gasteiger partial charge on any atom is 0.118 e. The van der Waals surface area contributed by atoms with Crippen LogP contribution in [0.1, 0.15) is 16.8 Å². The number of pyridine rings is 1. The van der Waals surface area contributed by atoms with Crippen LogP contribution in [-0.2, 0) is 13.0 Å². The summed E-state index contributed by atoms with van der Waals surface area (Å²) in [6.07, 6.45) is 2.94. The fraction of sp³-hybridized carbons (Fsp3) is 0.312. The molecule has 2 aromatic rings. The molecule has 0 spiro atoms. The zero-order chi connectivity index (χ0) is 13.5. The minimum atomic E-state index is 0.865. The number of rotatable bonds is 6. The van der Waals surface area contributed by atoms with E-state index >= 15 is 0 Å². The number of benzene rings is 1. The highest BCUT2D eigenvalue weighted by molar-refractivity contribution is 5.27. The molecule has 3 nitrogen and oxygen atoms in total. The van der Waals surface area contributed by atoms with Gasteiger partial charge in [0.25, 0.3) is 0 Å². The summed E-state index contributed by atoms with van der Waals surface area (Å²) in [5.74, 6) is 0.905. The molecular weight excluding hydrogens is 236 g/mol. The maximum absolute atomic E-state index is 5.14. The van der Waals surface area contributed by atoms with E-state index < -0.39 is 0 Å². The maximum atomic E-state index is 5.14. The van der Waals surface area contributed by atoms with Crippen LogP contribution in [0.5, 0.6) is 5.75 Å². The summed E-state index contributed by atoms with van der Waals surface area (Å²) in [6, 6.07) is 12.4. The Labute approximate surface area is 114 Å². The molecule has 0 saturated heterocycles. The lowest BCUT2D eigenvalue weighted by molar-refractivity contribution is 0.414. The molecule has 1 aromatic heterocycles. The Morgan fingerprint density at radius 3 is 2.42 bits per heavy atom. The largest absolute Gasteiger partial charge is 0.497 e. The number of nitrogens with one attached hydrogen (secondary N) is 1. The van der Waals surface area contributed by atoms with Gasteiger partial charge in [-0.15, -0.1) is 0 Å². The Balaban J connectivity index is 1.72. The number of methoxy groups -OCH3 is 1. The van der Waals surface area contributed by atoms with Gasteiger partial charge in [0, 0.05) is 18.4 Å². The van der Waals surface area contributed by atoms with Crippen LogP contribution in [0.3, 0.4) is 0 Å². The Kier molecular flexibility index (Phi) is 4.93. The van der Waals surface area contributed by atoms with Crippen molar-refractivity contribution in [1.29, 1.82) is 0 Å². The SMILES string of the molecule is COc1ccc(CCNCc2ccc(C)nc2)cc1. The second-order valence-electron chi connectivity index (χ2n) is 4.58. The second kappa shape index (κ2) is 6.90. The van der Waals surface area contributed by atoms with Crippen LogP contribution in [0.15, 0.2) is 42.6 Å². The van der Waals surface area contributed by atoms with Gasteiger partial charge >= 0.3 is 0 Å². The van der Waals surface area contributed by atoms with Crippen LogP contribution in [0.2, 0.25) is 0 Å². The summed E-state index contributed by atoms with van der Waals surface area (Å²) < 4.78 is 5.14. The molecule has 0 aliphatic carbocycles. The minimum absolute atomic E-state index is 0.865. The van der Waals surface area contributed by atoms with Gasteiger partial charge in [0.1, 0.15) is 5.75 Å². The molecule has 0 atom stereocenters. The quantitative estimate of drug-likeness (QED) is 0.807. The average molecular weight is 256 g/mol.